The summed E-state index contributed by atoms with van der Waals surface area (Å²) in [4.78, 5) is 0. The van der Waals surface area contributed by atoms with E-state index in [4.69, 9.17) is 4.74 Å². The molecule has 18 heavy (non-hydrogen) atoms. The van der Waals surface area contributed by atoms with Crippen LogP contribution in [0.2, 0.25) is 0 Å². The lowest BCUT2D eigenvalue weighted by Gasteiger charge is -2.16. The lowest BCUT2D eigenvalue weighted by atomic mass is 10.1. The summed E-state index contributed by atoms with van der Waals surface area (Å²) in [5, 5.41) is 2.89. The summed E-state index contributed by atoms with van der Waals surface area (Å²) in [6, 6.07) is 4.53. The highest BCUT2D eigenvalue weighted by Gasteiger charge is 2.17. The van der Waals surface area contributed by atoms with Crippen molar-refractivity contribution in [2.75, 3.05) is 26.2 Å². The second-order valence-electron chi connectivity index (χ2n) is 4.22. The Morgan fingerprint density at radius 1 is 1.44 bits per heavy atom. The molecule has 0 aliphatic rings. The van der Waals surface area contributed by atoms with Gasteiger partial charge in [-0.1, -0.05) is 12.1 Å². The molecule has 0 aliphatic carbocycles. The summed E-state index contributed by atoms with van der Waals surface area (Å²) in [7, 11) is -0.0426. The van der Waals surface area contributed by atoms with E-state index >= 15 is 0 Å². The summed E-state index contributed by atoms with van der Waals surface area (Å²) in [5.74, 6) is -0.296. The summed E-state index contributed by atoms with van der Waals surface area (Å²) >= 11 is 0. The predicted octanol–water partition coefficient (Wildman–Crippen LogP) is 1.01. The van der Waals surface area contributed by atoms with Crippen LogP contribution in [0.25, 0.3) is 0 Å². The second kappa shape index (κ2) is 6.15. The number of methoxy groups -OCH3 is 1. The van der Waals surface area contributed by atoms with Crippen molar-refractivity contribution in [1.82, 2.24) is 5.32 Å². The van der Waals surface area contributed by atoms with Gasteiger partial charge in [0.2, 0.25) is 0 Å². The lowest BCUT2D eigenvalue weighted by molar-refractivity contribution is 0.383. The maximum Gasteiger partial charge on any atom is 0.168 e. The number of likely N-dealkylation sites (N-methyl/N-ethyl adjacent to an activating group) is 1. The van der Waals surface area contributed by atoms with Crippen LogP contribution in [-0.2, 0) is 16.3 Å². The predicted molar refractivity (Wildman–Crippen MR) is 69.2 cm³/mol. The first-order valence-corrected chi connectivity index (χ1v) is 7.59. The lowest BCUT2D eigenvalue weighted by Crippen LogP contribution is -2.34. The Hall–Kier alpha value is -1.14. The third-order valence-corrected chi connectivity index (χ3v) is 3.65. The Labute approximate surface area is 107 Å². The molecule has 1 N–H and O–H groups in total. The molecule has 4 nitrogen and oxygen atoms in total. The van der Waals surface area contributed by atoms with E-state index in [0.717, 1.165) is 0 Å². The average molecular weight is 275 g/mol. The van der Waals surface area contributed by atoms with Crippen molar-refractivity contribution < 1.29 is 17.5 Å². The van der Waals surface area contributed by atoms with Crippen LogP contribution in [0.3, 0.4) is 0 Å². The molecule has 0 aliphatic heterocycles. The topological polar surface area (TPSA) is 55.4 Å². The molecule has 1 aromatic rings. The molecule has 0 radical (unpaired) electrons. The van der Waals surface area contributed by atoms with Gasteiger partial charge >= 0.3 is 0 Å². The maximum atomic E-state index is 13.9. The molecular weight excluding hydrogens is 257 g/mol. The van der Waals surface area contributed by atoms with E-state index in [1.807, 2.05) is 0 Å². The van der Waals surface area contributed by atoms with Crippen LogP contribution in [0.15, 0.2) is 18.2 Å². The van der Waals surface area contributed by atoms with Crippen LogP contribution in [0.1, 0.15) is 5.56 Å². The summed E-state index contributed by atoms with van der Waals surface area (Å²) in [6.45, 7) is 0. The fourth-order valence-electron chi connectivity index (χ4n) is 1.75. The Kier molecular flexibility index (Phi) is 5.10. The first kappa shape index (κ1) is 14.9. The summed E-state index contributed by atoms with van der Waals surface area (Å²) < 4.78 is 41.3. The van der Waals surface area contributed by atoms with Gasteiger partial charge in [-0.2, -0.15) is 0 Å². The number of sulfone groups is 1. The van der Waals surface area contributed by atoms with Gasteiger partial charge in [0.05, 0.1) is 12.9 Å². The number of halogens is 1. The third-order valence-electron chi connectivity index (χ3n) is 2.64. The molecule has 1 aromatic carbocycles. The Morgan fingerprint density at radius 2 is 2.11 bits per heavy atom. The molecule has 0 spiro atoms. The minimum Gasteiger partial charge on any atom is -0.494 e. The minimum absolute atomic E-state index is 0.0276. The van der Waals surface area contributed by atoms with Gasteiger partial charge in [-0.05, 0) is 25.1 Å². The molecular formula is C12H18FNO3S. The van der Waals surface area contributed by atoms with Crippen molar-refractivity contribution in [1.29, 1.82) is 0 Å². The van der Waals surface area contributed by atoms with E-state index in [-0.39, 0.29) is 17.5 Å². The third kappa shape index (κ3) is 4.27. The molecule has 0 bridgehead atoms. The van der Waals surface area contributed by atoms with Crippen molar-refractivity contribution in [3.63, 3.8) is 0 Å². The molecule has 0 saturated carbocycles. The van der Waals surface area contributed by atoms with Crippen molar-refractivity contribution in [3.8, 4) is 5.75 Å². The van der Waals surface area contributed by atoms with Crippen molar-refractivity contribution in [3.05, 3.63) is 29.6 Å². The van der Waals surface area contributed by atoms with Gasteiger partial charge < -0.3 is 10.1 Å². The van der Waals surface area contributed by atoms with Gasteiger partial charge in [0, 0.05) is 12.3 Å². The molecule has 0 amide bonds. The summed E-state index contributed by atoms with van der Waals surface area (Å²) in [6.07, 6.45) is 1.46. The fourth-order valence-corrected chi connectivity index (χ4v) is 2.76. The monoisotopic (exact) mass is 275 g/mol. The van der Waals surface area contributed by atoms with Crippen molar-refractivity contribution in [2.45, 2.75) is 12.5 Å². The Balaban J connectivity index is 2.88. The molecule has 0 saturated heterocycles. The van der Waals surface area contributed by atoms with E-state index in [2.05, 4.69) is 5.32 Å². The first-order valence-electron chi connectivity index (χ1n) is 5.53. The number of nitrogens with one attached hydrogen (secondary N) is 1. The summed E-state index contributed by atoms with van der Waals surface area (Å²) in [5.41, 5.74) is 0.442. The molecule has 1 atom stereocenters. The highest BCUT2D eigenvalue weighted by Crippen LogP contribution is 2.21. The van der Waals surface area contributed by atoms with Crippen LogP contribution >= 0.6 is 0 Å². The van der Waals surface area contributed by atoms with E-state index in [0.29, 0.717) is 12.0 Å². The minimum atomic E-state index is -3.10. The fraction of sp³-hybridized carbons (Fsp3) is 0.500. The molecule has 0 aromatic heterocycles. The van der Waals surface area contributed by atoms with Crippen LogP contribution in [0.5, 0.6) is 5.75 Å². The highest BCUT2D eigenvalue weighted by atomic mass is 32.2. The average Bonchev–Trinajstić information content (AvgIpc) is 2.29. The molecule has 102 valence electrons. The maximum absolute atomic E-state index is 13.9. The number of ether oxygens (including phenoxy) is 1. The van der Waals surface area contributed by atoms with E-state index < -0.39 is 15.7 Å². The van der Waals surface area contributed by atoms with Gasteiger partial charge in [0.15, 0.2) is 11.6 Å². The number of rotatable bonds is 6. The Bertz CT molecular complexity index is 502. The van der Waals surface area contributed by atoms with Gasteiger partial charge in [-0.15, -0.1) is 0 Å². The SMILES string of the molecule is CNC(Cc1cccc(OC)c1F)CS(C)(=O)=O. The standard InChI is InChI=1S/C12H18FNO3S/c1-14-10(8-18(3,15)16)7-9-5-4-6-11(17-2)12(9)13/h4-6,10,14H,7-8H2,1-3H3. The highest BCUT2D eigenvalue weighted by molar-refractivity contribution is 7.90. The van der Waals surface area contributed by atoms with Crippen molar-refractivity contribution in [2.24, 2.45) is 0 Å². The zero-order valence-corrected chi connectivity index (χ0v) is 11.6. The Morgan fingerprint density at radius 3 is 2.61 bits per heavy atom. The molecule has 1 unspecified atom stereocenters. The number of benzene rings is 1. The molecule has 0 fully saturated rings. The number of hydrogen-bond donors (Lipinski definition) is 1. The first-order chi connectivity index (χ1) is 8.37. The van der Waals surface area contributed by atoms with E-state index in [9.17, 15) is 12.8 Å². The van der Waals surface area contributed by atoms with Gasteiger partial charge in [-0.25, -0.2) is 12.8 Å². The van der Waals surface area contributed by atoms with Crippen molar-refractivity contribution >= 4 is 9.84 Å². The van der Waals surface area contributed by atoms with Crippen LogP contribution in [0, 0.1) is 5.82 Å². The molecule has 1 rings (SSSR count). The zero-order valence-electron chi connectivity index (χ0n) is 10.7. The second-order valence-corrected chi connectivity index (χ2v) is 6.40. The van der Waals surface area contributed by atoms with Crippen LogP contribution in [0.4, 0.5) is 4.39 Å². The quantitative estimate of drug-likeness (QED) is 0.842. The van der Waals surface area contributed by atoms with Crippen LogP contribution < -0.4 is 10.1 Å². The normalized spacial score (nSPS) is 13.3. The zero-order chi connectivity index (χ0) is 13.8. The number of hydrogen-bond acceptors (Lipinski definition) is 4. The largest absolute Gasteiger partial charge is 0.494 e. The van der Waals surface area contributed by atoms with Gasteiger partial charge in [0.1, 0.15) is 9.84 Å². The molecule has 0 heterocycles. The van der Waals surface area contributed by atoms with E-state index in [1.165, 1.54) is 19.4 Å². The smallest absolute Gasteiger partial charge is 0.168 e. The van der Waals surface area contributed by atoms with Gasteiger partial charge in [0.25, 0.3) is 0 Å². The van der Waals surface area contributed by atoms with Gasteiger partial charge in [-0.3, -0.25) is 0 Å². The molecule has 6 heteroatoms. The van der Waals surface area contributed by atoms with Crippen LogP contribution in [-0.4, -0.2) is 40.6 Å². The van der Waals surface area contributed by atoms with E-state index in [1.54, 1.807) is 19.2 Å².